The Morgan fingerprint density at radius 3 is 0.593 bits per heavy atom. The van der Waals surface area contributed by atoms with E-state index in [9.17, 15) is 0 Å². The maximum absolute atomic E-state index is 5.96. The van der Waals surface area contributed by atoms with E-state index in [1.807, 2.05) is 0 Å². The number of rotatable bonds is 12. The summed E-state index contributed by atoms with van der Waals surface area (Å²) in [5.41, 5.74) is 41.6. The minimum absolute atomic E-state index is 0.167. The van der Waals surface area contributed by atoms with Crippen LogP contribution in [0.4, 0.5) is 102 Å². The summed E-state index contributed by atoms with van der Waals surface area (Å²) >= 11 is 0. The minimum atomic E-state index is -1.68. The molecule has 22 rings (SSSR count). The van der Waals surface area contributed by atoms with Gasteiger partial charge in [-0.15, -0.1) is 0 Å². The SMILES string of the molecule is Cc1ccc(N2c3ccc(C)cc3B3c4cc(-c5nc(-c6ccc7c(c6)B6c8cc(C)ccc8N(c8ccc(C)cc8)c8cccc(c86)N7c6ccc([Si](C)(C)C)cc6)nc(-c6ccc7c(c6)B6c8cc(C)ccc8N(c8ccc(C)cc8)c8cccc(c86)N7c6ccc([Si](C)(C)C)cc6)n5)ccc4N(c4ccc([Si](C)(C)C)cc4)c4cccc2c43)cc1. The zero-order valence-corrected chi connectivity index (χ0v) is 75.7. The summed E-state index contributed by atoms with van der Waals surface area (Å²) in [4.78, 5) is 33.0. The van der Waals surface area contributed by atoms with Gasteiger partial charge in [0.1, 0.15) is 0 Å². The van der Waals surface area contributed by atoms with Crippen molar-refractivity contribution in [1.82, 2.24) is 15.0 Å². The lowest BCUT2D eigenvalue weighted by Gasteiger charge is -2.44. The van der Waals surface area contributed by atoms with Crippen LogP contribution in [0.5, 0.6) is 0 Å². The lowest BCUT2D eigenvalue weighted by Crippen LogP contribution is -2.61. The van der Waals surface area contributed by atoms with Crippen molar-refractivity contribution in [2.24, 2.45) is 0 Å². The molecule has 6 aliphatic heterocycles. The molecule has 0 unspecified atom stereocenters. The smallest absolute Gasteiger partial charge is 0.252 e. The van der Waals surface area contributed by atoms with E-state index in [-0.39, 0.29) is 20.1 Å². The second-order valence-corrected chi connectivity index (χ2v) is 53.4. The average Bonchev–Trinajstić information content (AvgIpc) is 0.707. The lowest BCUT2D eigenvalue weighted by molar-refractivity contribution is 1.07. The molecule has 0 aliphatic carbocycles. The number of aromatic nitrogens is 3. The summed E-state index contributed by atoms with van der Waals surface area (Å²) < 4.78 is 0. The van der Waals surface area contributed by atoms with Gasteiger partial charge in [-0.05, 0) is 254 Å². The number of hydrogen-bond acceptors (Lipinski definition) is 9. The van der Waals surface area contributed by atoms with Crippen LogP contribution in [0.25, 0.3) is 34.2 Å². The average molecular weight is 1640 g/mol. The van der Waals surface area contributed by atoms with Gasteiger partial charge in [0.25, 0.3) is 20.1 Å². The molecule has 594 valence electrons. The molecule has 0 amide bonds. The Hall–Kier alpha value is -13.0. The number of nitrogens with zero attached hydrogens (tertiary/aromatic N) is 9. The summed E-state index contributed by atoms with van der Waals surface area (Å²) in [6, 6.07) is 119. The molecule has 0 saturated heterocycles. The Morgan fingerprint density at radius 1 is 0.195 bits per heavy atom. The second-order valence-electron chi connectivity index (χ2n) is 38.2. The van der Waals surface area contributed by atoms with E-state index in [1.54, 1.807) is 0 Å². The summed E-state index contributed by atoms with van der Waals surface area (Å²) in [5.74, 6) is 1.77. The van der Waals surface area contributed by atoms with Crippen LogP contribution in [0.2, 0.25) is 58.9 Å². The van der Waals surface area contributed by atoms with Crippen LogP contribution in [0.1, 0.15) is 33.4 Å². The van der Waals surface area contributed by atoms with Crippen molar-refractivity contribution in [2.75, 3.05) is 29.4 Å². The summed E-state index contributed by atoms with van der Waals surface area (Å²) in [6.45, 7) is 34.7. The van der Waals surface area contributed by atoms with Gasteiger partial charge in [-0.2, -0.15) is 0 Å². The van der Waals surface area contributed by atoms with Crippen molar-refractivity contribution in [2.45, 2.75) is 100 Å². The first kappa shape index (κ1) is 76.1. The zero-order valence-electron chi connectivity index (χ0n) is 72.7. The number of aryl methyl sites for hydroxylation is 6. The molecule has 15 aromatic carbocycles. The predicted octanol–water partition coefficient (Wildman–Crippen LogP) is 20.6. The van der Waals surface area contributed by atoms with Gasteiger partial charge < -0.3 is 29.4 Å². The first-order chi connectivity index (χ1) is 59.3. The number of fused-ring (bicyclic) bond motifs is 12. The Kier molecular flexibility index (Phi) is 17.5. The van der Waals surface area contributed by atoms with Crippen molar-refractivity contribution in [3.8, 4) is 34.2 Å². The van der Waals surface area contributed by atoms with E-state index < -0.39 is 24.2 Å². The Labute approximate surface area is 728 Å². The quantitative estimate of drug-likeness (QED) is 0.111. The normalized spacial score (nSPS) is 13.8. The van der Waals surface area contributed by atoms with Crippen LogP contribution in [-0.2, 0) is 0 Å². The minimum Gasteiger partial charge on any atom is -0.311 e. The van der Waals surface area contributed by atoms with Crippen LogP contribution in [0.15, 0.2) is 309 Å². The van der Waals surface area contributed by atoms with Crippen LogP contribution >= 0.6 is 0 Å². The molecule has 6 aliphatic rings. The van der Waals surface area contributed by atoms with E-state index in [1.165, 1.54) is 132 Å². The molecule has 0 spiro atoms. The third-order valence-corrected chi connectivity index (χ3v) is 32.9. The van der Waals surface area contributed by atoms with Crippen LogP contribution in [0, 0.1) is 41.5 Å². The number of anilines is 18. The van der Waals surface area contributed by atoms with Gasteiger partial charge in [0.05, 0.1) is 24.2 Å². The van der Waals surface area contributed by atoms with Crippen molar-refractivity contribution >= 4 is 211 Å². The molecular formula is C108H96B3N9Si3. The van der Waals surface area contributed by atoms with Gasteiger partial charge in [0, 0.05) is 119 Å². The predicted molar refractivity (Wildman–Crippen MR) is 536 cm³/mol. The molecule has 0 atom stereocenters. The lowest BCUT2D eigenvalue weighted by atomic mass is 9.33. The molecule has 0 bridgehead atoms. The summed E-state index contributed by atoms with van der Waals surface area (Å²) in [7, 11) is -5.04. The van der Waals surface area contributed by atoms with E-state index in [4.69, 9.17) is 15.0 Å². The van der Waals surface area contributed by atoms with Crippen LogP contribution in [0.3, 0.4) is 0 Å². The molecule has 0 fully saturated rings. The highest BCUT2D eigenvalue weighted by Gasteiger charge is 2.48. The molecular weight excluding hydrogens is 1540 g/mol. The fourth-order valence-electron chi connectivity index (χ4n) is 20.5. The topological polar surface area (TPSA) is 58.1 Å². The van der Waals surface area contributed by atoms with Crippen molar-refractivity contribution in [3.63, 3.8) is 0 Å². The Balaban J connectivity index is 0.795. The van der Waals surface area contributed by atoms with Gasteiger partial charge in [-0.3, -0.25) is 0 Å². The molecule has 0 saturated carbocycles. The molecule has 16 aromatic rings. The van der Waals surface area contributed by atoms with Crippen molar-refractivity contribution in [3.05, 3.63) is 343 Å². The highest BCUT2D eigenvalue weighted by atomic mass is 28.3. The summed E-state index contributed by atoms with van der Waals surface area (Å²) in [6.07, 6.45) is 0. The molecule has 15 heteroatoms. The number of hydrogen-bond donors (Lipinski definition) is 0. The van der Waals surface area contributed by atoms with E-state index in [0.29, 0.717) is 17.5 Å². The molecule has 0 N–H and O–H groups in total. The van der Waals surface area contributed by atoms with Crippen molar-refractivity contribution in [1.29, 1.82) is 0 Å². The van der Waals surface area contributed by atoms with E-state index >= 15 is 0 Å². The van der Waals surface area contributed by atoms with Gasteiger partial charge in [0.15, 0.2) is 17.5 Å². The van der Waals surface area contributed by atoms with Gasteiger partial charge in [-0.1, -0.05) is 253 Å². The summed E-state index contributed by atoms with van der Waals surface area (Å²) in [5, 5.41) is 4.27. The van der Waals surface area contributed by atoms with Gasteiger partial charge in [-0.25, -0.2) is 15.0 Å². The van der Waals surface area contributed by atoms with Crippen molar-refractivity contribution < 1.29 is 0 Å². The monoisotopic (exact) mass is 1640 g/mol. The molecule has 0 radical (unpaired) electrons. The van der Waals surface area contributed by atoms with E-state index in [2.05, 4.69) is 439 Å². The fourth-order valence-corrected chi connectivity index (χ4v) is 24.0. The first-order valence-corrected chi connectivity index (χ1v) is 54.1. The Morgan fingerprint density at radius 2 is 0.382 bits per heavy atom. The maximum atomic E-state index is 5.96. The molecule has 7 heterocycles. The van der Waals surface area contributed by atoms with E-state index in [0.717, 1.165) is 84.9 Å². The largest absolute Gasteiger partial charge is 0.311 e. The molecule has 1 aromatic heterocycles. The third-order valence-electron chi connectivity index (χ3n) is 26.7. The molecule has 123 heavy (non-hydrogen) atoms. The van der Waals surface area contributed by atoms with Crippen LogP contribution in [-0.4, -0.2) is 59.3 Å². The zero-order chi connectivity index (χ0) is 84.1. The Bertz CT molecular complexity index is 6380. The first-order valence-electron chi connectivity index (χ1n) is 43.6. The highest BCUT2D eigenvalue weighted by Crippen LogP contribution is 2.50. The standard InChI is InChI=1S/C108H96B3N9Si3/c1-67-25-37-76(38-26-67)115-91-55-31-70(4)61-85(91)109-88-64-73(34-58-94(88)118(100-22-16-19-97(115)103(100)109)79-43-49-82(50-44-79)121(7,8)9)106-112-107(74-35-59-95-89(65-74)110-86-62-71(5)32-56-92(86)116(77-39-27-68(2)28-40-77)98-20-17-23-101(104(98)110)119(95)80-45-51-83(52-46-80)122(10,11)12)114-108(113-106)75-36-60-96-90(66-75)111-87-63-72(6)33-57-93(87)117(78-41-29-69(3)30-42-78)99-21-18-24-102(105(99)111)120(96)81-47-53-84(54-48-81)123(13,14)15/h16-66H,1-15H3. The highest BCUT2D eigenvalue weighted by molar-refractivity contribution is 7.02. The van der Waals surface area contributed by atoms with Crippen LogP contribution < -0.4 is 94.1 Å². The third kappa shape index (κ3) is 12.4. The second kappa shape index (κ2) is 28.3. The maximum Gasteiger partial charge on any atom is 0.252 e. The number of benzene rings is 15. The van der Waals surface area contributed by atoms with Gasteiger partial charge in [0.2, 0.25) is 0 Å². The fraction of sp³-hybridized carbons (Fsp3) is 0.139. The van der Waals surface area contributed by atoms with Gasteiger partial charge >= 0.3 is 0 Å². The molecule has 9 nitrogen and oxygen atoms in total.